The van der Waals surface area contributed by atoms with E-state index in [0.717, 1.165) is 0 Å². The first-order chi connectivity index (χ1) is 8.57. The average molecular weight is 269 g/mol. The van der Waals surface area contributed by atoms with E-state index in [1.165, 1.54) is 4.90 Å². The van der Waals surface area contributed by atoms with Gasteiger partial charge in [-0.15, -0.1) is 0 Å². The summed E-state index contributed by atoms with van der Waals surface area (Å²) in [5.74, 6) is 0.619. The summed E-state index contributed by atoms with van der Waals surface area (Å²) in [6.45, 7) is 0.624. The predicted octanol–water partition coefficient (Wildman–Crippen LogP) is 1.31. The van der Waals surface area contributed by atoms with Crippen molar-refractivity contribution in [3.8, 4) is 5.75 Å². The van der Waals surface area contributed by atoms with Crippen molar-refractivity contribution in [3.05, 3.63) is 30.3 Å². The van der Waals surface area contributed by atoms with Crippen LogP contribution in [0.4, 0.5) is 4.79 Å². The molecule has 0 bridgehead atoms. The molecule has 0 atom stereocenters. The van der Waals surface area contributed by atoms with E-state index in [2.05, 4.69) is 0 Å². The van der Waals surface area contributed by atoms with Crippen LogP contribution >= 0.6 is 0 Å². The third kappa shape index (κ3) is 3.46. The first-order valence-corrected chi connectivity index (χ1v) is 7.61. The molecule has 6 heteroatoms. The van der Waals surface area contributed by atoms with Crippen LogP contribution in [0, 0.1) is 0 Å². The van der Waals surface area contributed by atoms with Crippen molar-refractivity contribution in [1.29, 1.82) is 0 Å². The minimum atomic E-state index is -3.01. The van der Waals surface area contributed by atoms with Crippen molar-refractivity contribution in [2.75, 3.05) is 24.6 Å². The molecule has 18 heavy (non-hydrogen) atoms. The monoisotopic (exact) mass is 269 g/mol. The summed E-state index contributed by atoms with van der Waals surface area (Å²) in [6, 6.07) is 8.75. The third-order valence-electron chi connectivity index (χ3n) is 2.76. The quantitative estimate of drug-likeness (QED) is 0.771. The number of para-hydroxylation sites is 1. The van der Waals surface area contributed by atoms with Crippen molar-refractivity contribution < 1.29 is 17.9 Å². The zero-order chi connectivity index (χ0) is 13.0. The van der Waals surface area contributed by atoms with E-state index >= 15 is 0 Å². The van der Waals surface area contributed by atoms with Crippen LogP contribution in [-0.4, -0.2) is 44.0 Å². The van der Waals surface area contributed by atoms with Gasteiger partial charge in [0.1, 0.15) is 5.75 Å². The van der Waals surface area contributed by atoms with Crippen LogP contribution in [-0.2, 0) is 9.84 Å². The molecule has 0 saturated carbocycles. The van der Waals surface area contributed by atoms with Crippen LogP contribution < -0.4 is 4.74 Å². The molecule has 0 spiro atoms. The molecule has 0 N–H and O–H groups in total. The molecular weight excluding hydrogens is 254 g/mol. The van der Waals surface area contributed by atoms with Gasteiger partial charge in [0.2, 0.25) is 0 Å². The summed E-state index contributed by atoms with van der Waals surface area (Å²) in [5, 5.41) is 0. The van der Waals surface area contributed by atoms with E-state index in [4.69, 9.17) is 4.74 Å². The van der Waals surface area contributed by atoms with Crippen LogP contribution in [0.5, 0.6) is 5.75 Å². The molecule has 5 nitrogen and oxygen atoms in total. The molecule has 0 radical (unpaired) electrons. The van der Waals surface area contributed by atoms with Gasteiger partial charge in [0, 0.05) is 13.1 Å². The number of carbonyl (C=O) groups excluding carboxylic acids is 1. The maximum absolute atomic E-state index is 11.8. The van der Waals surface area contributed by atoms with Crippen molar-refractivity contribution in [3.63, 3.8) is 0 Å². The number of hydrogen-bond acceptors (Lipinski definition) is 4. The molecule has 2 rings (SSSR count). The Hall–Kier alpha value is -1.56. The van der Waals surface area contributed by atoms with Crippen LogP contribution in [0.1, 0.15) is 6.42 Å². The van der Waals surface area contributed by atoms with Gasteiger partial charge < -0.3 is 9.64 Å². The lowest BCUT2D eigenvalue weighted by Crippen LogP contribution is -2.35. The van der Waals surface area contributed by atoms with Gasteiger partial charge in [-0.25, -0.2) is 13.2 Å². The molecule has 1 amide bonds. The first kappa shape index (κ1) is 12.9. The van der Waals surface area contributed by atoms with E-state index in [-0.39, 0.29) is 18.1 Å². The standard InChI is InChI=1S/C12H15NO4S/c14-12(17-11-5-2-1-3-6-11)13-7-4-9-18(15,16)10-8-13/h1-3,5-6H,4,7-10H2. The molecule has 0 aromatic heterocycles. The zero-order valence-corrected chi connectivity index (χ0v) is 10.7. The molecule has 1 fully saturated rings. The second kappa shape index (κ2) is 5.39. The largest absolute Gasteiger partial charge is 0.415 e. The van der Waals surface area contributed by atoms with Gasteiger partial charge in [-0.2, -0.15) is 0 Å². The highest BCUT2D eigenvalue weighted by molar-refractivity contribution is 7.91. The molecule has 1 saturated heterocycles. The normalized spacial score (nSPS) is 19.0. The van der Waals surface area contributed by atoms with Crippen molar-refractivity contribution >= 4 is 15.9 Å². The van der Waals surface area contributed by atoms with Crippen molar-refractivity contribution in [2.24, 2.45) is 0 Å². The van der Waals surface area contributed by atoms with Gasteiger partial charge in [0.05, 0.1) is 11.5 Å². The van der Waals surface area contributed by atoms with Crippen molar-refractivity contribution in [1.82, 2.24) is 4.90 Å². The highest BCUT2D eigenvalue weighted by Gasteiger charge is 2.23. The Bertz CT molecular complexity index is 512. The molecule has 1 aliphatic rings. The summed E-state index contributed by atoms with van der Waals surface area (Å²) >= 11 is 0. The Morgan fingerprint density at radius 2 is 1.83 bits per heavy atom. The van der Waals surface area contributed by atoms with Gasteiger partial charge in [-0.3, -0.25) is 0 Å². The molecule has 0 unspecified atom stereocenters. The summed E-state index contributed by atoms with van der Waals surface area (Å²) in [7, 11) is -3.01. The van der Waals surface area contributed by atoms with Crippen LogP contribution in [0.25, 0.3) is 0 Å². The molecular formula is C12H15NO4S. The third-order valence-corrected chi connectivity index (χ3v) is 4.48. The number of hydrogen-bond donors (Lipinski definition) is 0. The van der Waals surface area contributed by atoms with Crippen LogP contribution in [0.2, 0.25) is 0 Å². The van der Waals surface area contributed by atoms with E-state index in [0.29, 0.717) is 18.7 Å². The summed E-state index contributed by atoms with van der Waals surface area (Å²) in [5.41, 5.74) is 0. The molecule has 1 aromatic rings. The first-order valence-electron chi connectivity index (χ1n) is 5.79. The number of amides is 1. The maximum Gasteiger partial charge on any atom is 0.415 e. The Kier molecular flexibility index (Phi) is 3.86. The highest BCUT2D eigenvalue weighted by atomic mass is 32.2. The predicted molar refractivity (Wildman–Crippen MR) is 67.3 cm³/mol. The number of nitrogens with zero attached hydrogens (tertiary/aromatic N) is 1. The van der Waals surface area contributed by atoms with Gasteiger partial charge in [-0.05, 0) is 18.6 Å². The summed E-state index contributed by atoms with van der Waals surface area (Å²) in [4.78, 5) is 13.3. The second-order valence-corrected chi connectivity index (χ2v) is 6.48. The lowest BCUT2D eigenvalue weighted by atomic mass is 10.3. The molecule has 1 aliphatic heterocycles. The SMILES string of the molecule is O=C(Oc1ccccc1)N1CCCS(=O)(=O)CC1. The molecule has 98 valence electrons. The Morgan fingerprint density at radius 1 is 1.11 bits per heavy atom. The number of carbonyl (C=O) groups is 1. The second-order valence-electron chi connectivity index (χ2n) is 4.17. The van der Waals surface area contributed by atoms with Crippen LogP contribution in [0.15, 0.2) is 30.3 Å². The molecule has 1 heterocycles. The van der Waals surface area contributed by atoms with Gasteiger partial charge >= 0.3 is 6.09 Å². The average Bonchev–Trinajstić information content (AvgIpc) is 2.51. The Balaban J connectivity index is 1.97. The van der Waals surface area contributed by atoms with E-state index in [9.17, 15) is 13.2 Å². The Morgan fingerprint density at radius 3 is 2.56 bits per heavy atom. The number of rotatable bonds is 1. The fourth-order valence-corrected chi connectivity index (χ4v) is 3.05. The summed E-state index contributed by atoms with van der Waals surface area (Å²) < 4.78 is 28.0. The fraction of sp³-hybridized carbons (Fsp3) is 0.417. The molecule has 1 aromatic carbocycles. The molecule has 0 aliphatic carbocycles. The van der Waals surface area contributed by atoms with E-state index in [1.807, 2.05) is 6.07 Å². The topological polar surface area (TPSA) is 63.7 Å². The lowest BCUT2D eigenvalue weighted by Gasteiger charge is -2.18. The van der Waals surface area contributed by atoms with Gasteiger partial charge in [-0.1, -0.05) is 18.2 Å². The van der Waals surface area contributed by atoms with E-state index in [1.54, 1.807) is 24.3 Å². The van der Waals surface area contributed by atoms with Gasteiger partial charge in [0.15, 0.2) is 9.84 Å². The number of benzene rings is 1. The van der Waals surface area contributed by atoms with Gasteiger partial charge in [0.25, 0.3) is 0 Å². The van der Waals surface area contributed by atoms with Crippen molar-refractivity contribution in [2.45, 2.75) is 6.42 Å². The smallest absolute Gasteiger partial charge is 0.410 e. The lowest BCUT2D eigenvalue weighted by molar-refractivity contribution is 0.156. The Labute approximate surface area is 106 Å². The number of ether oxygens (including phenoxy) is 1. The summed E-state index contributed by atoms with van der Waals surface area (Å²) in [6.07, 6.45) is -0.0232. The maximum atomic E-state index is 11.8. The zero-order valence-electron chi connectivity index (χ0n) is 9.91. The minimum absolute atomic E-state index is 0.0108. The minimum Gasteiger partial charge on any atom is -0.410 e. The highest BCUT2D eigenvalue weighted by Crippen LogP contribution is 2.12. The van der Waals surface area contributed by atoms with E-state index < -0.39 is 15.9 Å². The number of sulfone groups is 1. The van der Waals surface area contributed by atoms with Crippen LogP contribution in [0.3, 0.4) is 0 Å². The fourth-order valence-electron chi connectivity index (χ4n) is 1.77.